The monoisotopic (exact) mass is 440 g/mol. The van der Waals surface area contributed by atoms with E-state index in [0.717, 1.165) is 51.8 Å². The molecule has 0 aromatic heterocycles. The molecule has 1 amide bonds. The highest BCUT2D eigenvalue weighted by molar-refractivity contribution is 6.42. The number of benzene rings is 1. The summed E-state index contributed by atoms with van der Waals surface area (Å²) in [6.45, 7) is 4.78. The molecule has 29 heavy (non-hydrogen) atoms. The third-order valence-corrected chi connectivity index (χ3v) is 7.91. The normalized spacial score (nSPS) is 32.4. The second-order valence-electron chi connectivity index (χ2n) is 8.94. The number of hydrogen-bond donors (Lipinski definition) is 1. The van der Waals surface area contributed by atoms with Crippen molar-refractivity contribution in [1.29, 1.82) is 0 Å². The molecular formula is C22H30Cl2N2O3. The number of hydrogen-bond acceptors (Lipinski definition) is 4. The first-order valence-corrected chi connectivity index (χ1v) is 11.4. The van der Waals surface area contributed by atoms with Gasteiger partial charge in [-0.15, -0.1) is 0 Å². The van der Waals surface area contributed by atoms with E-state index in [2.05, 4.69) is 4.90 Å². The van der Waals surface area contributed by atoms with Gasteiger partial charge in [0.2, 0.25) is 0 Å². The maximum Gasteiger partial charge on any atom is 0.261 e. The number of nitrogens with two attached hydrogens (primary N) is 1. The molecule has 5 nitrogen and oxygen atoms in total. The molecule has 4 atom stereocenters. The number of carbonyl (C=O) groups excluding carboxylic acids is 1. The number of likely N-dealkylation sites (tertiary alicyclic amines) is 1. The lowest BCUT2D eigenvalue weighted by Crippen LogP contribution is -2.62. The van der Waals surface area contributed by atoms with Crippen LogP contribution in [0.5, 0.6) is 5.75 Å². The SMILES string of the molecule is CC(Oc1ccc(Cl)c(Cl)c1)(C(N)=O)C1CCC2(CCCO2)CC1N1CCCC1. The third kappa shape index (κ3) is 4.12. The van der Waals surface area contributed by atoms with Gasteiger partial charge in [-0.3, -0.25) is 9.69 Å². The van der Waals surface area contributed by atoms with Crippen molar-refractivity contribution in [3.8, 4) is 5.75 Å². The van der Waals surface area contributed by atoms with Crippen LogP contribution in [0, 0.1) is 5.92 Å². The summed E-state index contributed by atoms with van der Waals surface area (Å²) in [5, 5.41) is 0.849. The van der Waals surface area contributed by atoms with E-state index in [1.165, 1.54) is 12.8 Å². The van der Waals surface area contributed by atoms with Crippen molar-refractivity contribution < 1.29 is 14.3 Å². The number of carbonyl (C=O) groups is 1. The van der Waals surface area contributed by atoms with Crippen molar-refractivity contribution in [3.63, 3.8) is 0 Å². The van der Waals surface area contributed by atoms with Gasteiger partial charge in [-0.25, -0.2) is 0 Å². The summed E-state index contributed by atoms with van der Waals surface area (Å²) in [6, 6.07) is 5.29. The Labute approximate surface area is 182 Å². The van der Waals surface area contributed by atoms with Crippen molar-refractivity contribution in [3.05, 3.63) is 28.2 Å². The molecule has 1 spiro atoms. The molecule has 2 N–H and O–H groups in total. The van der Waals surface area contributed by atoms with Crippen molar-refractivity contribution in [2.45, 2.75) is 69.1 Å². The fraction of sp³-hybridized carbons (Fsp3) is 0.682. The summed E-state index contributed by atoms with van der Waals surface area (Å²) < 4.78 is 12.5. The van der Waals surface area contributed by atoms with E-state index in [-0.39, 0.29) is 17.6 Å². The van der Waals surface area contributed by atoms with E-state index >= 15 is 0 Å². The summed E-state index contributed by atoms with van der Waals surface area (Å²) in [7, 11) is 0. The minimum absolute atomic E-state index is 0.0117. The average Bonchev–Trinajstić information content (AvgIpc) is 3.37. The van der Waals surface area contributed by atoms with Gasteiger partial charge in [0.25, 0.3) is 5.91 Å². The van der Waals surface area contributed by atoms with Crippen LogP contribution in [0.3, 0.4) is 0 Å². The molecule has 3 aliphatic rings. The summed E-state index contributed by atoms with van der Waals surface area (Å²) in [5.74, 6) is 0.0571. The Hall–Kier alpha value is -1.01. The fourth-order valence-corrected chi connectivity index (χ4v) is 5.83. The Morgan fingerprint density at radius 2 is 2.00 bits per heavy atom. The van der Waals surface area contributed by atoms with Crippen molar-refractivity contribution >= 4 is 29.1 Å². The van der Waals surface area contributed by atoms with E-state index in [4.69, 9.17) is 38.4 Å². The molecule has 4 unspecified atom stereocenters. The largest absolute Gasteiger partial charge is 0.477 e. The molecule has 2 heterocycles. The third-order valence-electron chi connectivity index (χ3n) is 7.17. The van der Waals surface area contributed by atoms with Gasteiger partial charge in [0.05, 0.1) is 15.6 Å². The zero-order chi connectivity index (χ0) is 20.6. The van der Waals surface area contributed by atoms with Crippen LogP contribution in [0.15, 0.2) is 18.2 Å². The molecule has 160 valence electrons. The van der Waals surface area contributed by atoms with E-state index in [9.17, 15) is 4.79 Å². The minimum atomic E-state index is -1.13. The highest BCUT2D eigenvalue weighted by Gasteiger charge is 2.54. The van der Waals surface area contributed by atoms with Gasteiger partial charge >= 0.3 is 0 Å². The lowest BCUT2D eigenvalue weighted by Gasteiger charge is -2.50. The van der Waals surface area contributed by atoms with Gasteiger partial charge in [0.15, 0.2) is 5.60 Å². The number of nitrogens with zero attached hydrogens (tertiary/aromatic N) is 1. The Morgan fingerprint density at radius 1 is 1.24 bits per heavy atom. The van der Waals surface area contributed by atoms with Gasteiger partial charge in [-0.2, -0.15) is 0 Å². The maximum absolute atomic E-state index is 12.7. The van der Waals surface area contributed by atoms with Gasteiger partial charge < -0.3 is 15.2 Å². The van der Waals surface area contributed by atoms with Crippen LogP contribution in [0.1, 0.15) is 51.9 Å². The Morgan fingerprint density at radius 3 is 2.62 bits per heavy atom. The maximum atomic E-state index is 12.7. The van der Waals surface area contributed by atoms with Crippen LogP contribution >= 0.6 is 23.2 Å². The van der Waals surface area contributed by atoms with E-state index in [1.807, 2.05) is 6.92 Å². The Balaban J connectivity index is 1.64. The molecule has 0 radical (unpaired) electrons. The number of halogens is 2. The van der Waals surface area contributed by atoms with Gasteiger partial charge in [0.1, 0.15) is 5.75 Å². The summed E-state index contributed by atoms with van der Waals surface area (Å²) in [5.41, 5.74) is 4.77. The Kier molecular flexibility index (Phi) is 6.04. The number of amides is 1. The first-order valence-electron chi connectivity index (χ1n) is 10.6. The van der Waals surface area contributed by atoms with Gasteiger partial charge in [-0.1, -0.05) is 23.2 Å². The molecule has 1 aliphatic carbocycles. The zero-order valence-corrected chi connectivity index (χ0v) is 18.5. The number of rotatable bonds is 5. The van der Waals surface area contributed by atoms with Crippen LogP contribution in [-0.2, 0) is 9.53 Å². The molecular weight excluding hydrogens is 411 g/mol. The van der Waals surface area contributed by atoms with Crippen LogP contribution in [0.25, 0.3) is 0 Å². The molecule has 4 rings (SSSR count). The predicted molar refractivity (Wildman–Crippen MR) is 115 cm³/mol. The number of primary amides is 1. The standard InChI is InChI=1S/C22H30Cl2N2O3/c1-21(20(25)27,29-15-5-6-17(23)18(24)13-15)16-7-9-22(8-4-12-28-22)14-19(16)26-10-2-3-11-26/h5-6,13,16,19H,2-4,7-12,14H2,1H3,(H2,25,27). The highest BCUT2D eigenvalue weighted by Crippen LogP contribution is 2.48. The van der Waals surface area contributed by atoms with Gasteiger partial charge in [0, 0.05) is 24.6 Å². The summed E-state index contributed by atoms with van der Waals surface area (Å²) >= 11 is 12.2. The topological polar surface area (TPSA) is 64.8 Å². The molecule has 2 aliphatic heterocycles. The first kappa shape index (κ1) is 21.2. The van der Waals surface area contributed by atoms with Crippen LogP contribution < -0.4 is 10.5 Å². The lowest BCUT2D eigenvalue weighted by molar-refractivity contribution is -0.148. The molecule has 1 aromatic carbocycles. The van der Waals surface area contributed by atoms with Crippen molar-refractivity contribution in [1.82, 2.24) is 4.90 Å². The highest BCUT2D eigenvalue weighted by atomic mass is 35.5. The second-order valence-corrected chi connectivity index (χ2v) is 9.76. The quantitative estimate of drug-likeness (QED) is 0.734. The van der Waals surface area contributed by atoms with Gasteiger partial charge in [-0.05, 0) is 77.1 Å². The van der Waals surface area contributed by atoms with Crippen LogP contribution in [0.4, 0.5) is 0 Å². The van der Waals surface area contributed by atoms with Crippen LogP contribution in [0.2, 0.25) is 10.0 Å². The average molecular weight is 441 g/mol. The second kappa shape index (κ2) is 8.26. The molecule has 0 bridgehead atoms. The molecule has 1 saturated carbocycles. The molecule has 3 fully saturated rings. The van der Waals surface area contributed by atoms with E-state index in [1.54, 1.807) is 18.2 Å². The van der Waals surface area contributed by atoms with Crippen molar-refractivity contribution in [2.75, 3.05) is 19.7 Å². The predicted octanol–water partition coefficient (Wildman–Crippen LogP) is 4.43. The van der Waals surface area contributed by atoms with Crippen LogP contribution in [-0.4, -0.2) is 47.7 Å². The summed E-state index contributed by atoms with van der Waals surface area (Å²) in [4.78, 5) is 15.3. The zero-order valence-electron chi connectivity index (χ0n) is 17.0. The van der Waals surface area contributed by atoms with Crippen molar-refractivity contribution in [2.24, 2.45) is 11.7 Å². The first-order chi connectivity index (χ1) is 13.8. The summed E-state index contributed by atoms with van der Waals surface area (Å²) in [6.07, 6.45) is 7.33. The molecule has 1 aromatic rings. The van der Waals surface area contributed by atoms with E-state index < -0.39 is 11.5 Å². The smallest absolute Gasteiger partial charge is 0.261 e. The molecule has 2 saturated heterocycles. The van der Waals surface area contributed by atoms with E-state index in [0.29, 0.717) is 15.8 Å². The number of ether oxygens (including phenoxy) is 2. The Bertz CT molecular complexity index is 762. The fourth-order valence-electron chi connectivity index (χ4n) is 5.54. The minimum Gasteiger partial charge on any atom is -0.477 e. The molecule has 7 heteroatoms. The lowest BCUT2D eigenvalue weighted by atomic mass is 9.67.